The molecule has 1 aromatic carbocycles. The van der Waals surface area contributed by atoms with Crippen LogP contribution in [-0.2, 0) is 21.2 Å². The van der Waals surface area contributed by atoms with E-state index in [1.807, 2.05) is 4.72 Å². The summed E-state index contributed by atoms with van der Waals surface area (Å²) in [5.41, 5.74) is -0.737. The molecule has 2 heterocycles. The summed E-state index contributed by atoms with van der Waals surface area (Å²) in [7, 11) is -4.21. The number of halogens is 3. The molecule has 1 aliphatic rings. The third-order valence-corrected chi connectivity index (χ3v) is 6.49. The lowest BCUT2D eigenvalue weighted by molar-refractivity contribution is -0.137. The lowest BCUT2D eigenvalue weighted by Gasteiger charge is -2.20. The molecule has 1 saturated heterocycles. The fourth-order valence-corrected chi connectivity index (χ4v) is 4.33. The molecular formula is C19H22F3N5O5S. The van der Waals surface area contributed by atoms with Crippen LogP contribution in [0.3, 0.4) is 0 Å². The number of rotatable bonds is 5. The Bertz CT molecular complexity index is 1150. The number of benzene rings is 1. The van der Waals surface area contributed by atoms with Crippen molar-refractivity contribution in [1.82, 2.24) is 18.9 Å². The van der Waals surface area contributed by atoms with E-state index in [0.717, 1.165) is 22.7 Å². The van der Waals surface area contributed by atoms with Crippen LogP contribution in [0.15, 0.2) is 28.9 Å². The summed E-state index contributed by atoms with van der Waals surface area (Å²) in [4.78, 5) is 29.2. The average Bonchev–Trinajstić information content (AvgIpc) is 3.02. The van der Waals surface area contributed by atoms with Crippen LogP contribution in [0.2, 0.25) is 0 Å². The molecule has 10 nitrogen and oxygen atoms in total. The van der Waals surface area contributed by atoms with E-state index in [1.54, 1.807) is 6.92 Å². The van der Waals surface area contributed by atoms with E-state index in [-0.39, 0.29) is 42.9 Å². The van der Waals surface area contributed by atoms with Crippen molar-refractivity contribution in [2.24, 2.45) is 0 Å². The number of alkyl halides is 3. The van der Waals surface area contributed by atoms with Gasteiger partial charge in [0.25, 0.3) is 11.9 Å². The van der Waals surface area contributed by atoms with Crippen LogP contribution in [0.4, 0.5) is 24.9 Å². The summed E-state index contributed by atoms with van der Waals surface area (Å²) in [6.07, 6.45) is -3.26. The first-order valence-electron chi connectivity index (χ1n) is 9.85. The number of amides is 2. The van der Waals surface area contributed by atoms with Crippen LogP contribution < -0.4 is 10.0 Å². The third kappa shape index (κ3) is 6.01. The Morgan fingerprint density at radius 2 is 1.88 bits per heavy atom. The van der Waals surface area contributed by atoms with Crippen molar-refractivity contribution in [2.75, 3.05) is 31.5 Å². The van der Waals surface area contributed by atoms with Crippen LogP contribution in [-0.4, -0.2) is 60.6 Å². The first-order valence-corrected chi connectivity index (χ1v) is 11.3. The molecule has 1 aliphatic heterocycles. The molecule has 2 aromatic rings. The van der Waals surface area contributed by atoms with Gasteiger partial charge in [-0.05, 0) is 31.0 Å². The molecule has 0 radical (unpaired) electrons. The minimum absolute atomic E-state index is 0.0165. The average molecular weight is 489 g/mol. The van der Waals surface area contributed by atoms with E-state index in [9.17, 15) is 31.2 Å². The Morgan fingerprint density at radius 3 is 2.55 bits per heavy atom. The monoisotopic (exact) mass is 489 g/mol. The summed E-state index contributed by atoms with van der Waals surface area (Å²) in [5, 5.41) is 2.55. The zero-order valence-electron chi connectivity index (χ0n) is 17.8. The van der Waals surface area contributed by atoms with Crippen molar-refractivity contribution >= 4 is 33.7 Å². The second-order valence-corrected chi connectivity index (χ2v) is 9.06. The number of oxazole rings is 1. The lowest BCUT2D eigenvalue weighted by Crippen LogP contribution is -2.45. The van der Waals surface area contributed by atoms with Crippen molar-refractivity contribution in [3.63, 3.8) is 0 Å². The highest BCUT2D eigenvalue weighted by Gasteiger charge is 2.31. The summed E-state index contributed by atoms with van der Waals surface area (Å²) in [6.45, 7) is 3.69. The van der Waals surface area contributed by atoms with Gasteiger partial charge < -0.3 is 14.6 Å². The lowest BCUT2D eigenvalue weighted by atomic mass is 10.1. The van der Waals surface area contributed by atoms with Gasteiger partial charge in [0.2, 0.25) is 5.91 Å². The first-order chi connectivity index (χ1) is 15.4. The van der Waals surface area contributed by atoms with E-state index < -0.39 is 27.9 Å². The van der Waals surface area contributed by atoms with E-state index in [1.165, 1.54) is 17.9 Å². The molecule has 0 aliphatic carbocycles. The predicted molar refractivity (Wildman–Crippen MR) is 111 cm³/mol. The molecule has 1 aromatic heterocycles. The highest BCUT2D eigenvalue weighted by molar-refractivity contribution is 7.87. The highest BCUT2D eigenvalue weighted by Crippen LogP contribution is 2.33. The Labute approximate surface area is 187 Å². The van der Waals surface area contributed by atoms with E-state index in [4.69, 9.17) is 4.42 Å². The van der Waals surface area contributed by atoms with Crippen molar-refractivity contribution in [1.29, 1.82) is 0 Å². The predicted octanol–water partition coefficient (Wildman–Crippen LogP) is 2.27. The Balaban J connectivity index is 1.68. The molecule has 1 fully saturated rings. The van der Waals surface area contributed by atoms with Crippen LogP contribution >= 0.6 is 0 Å². The molecule has 3 rings (SSSR count). The topological polar surface area (TPSA) is 125 Å². The van der Waals surface area contributed by atoms with Crippen molar-refractivity contribution < 1.29 is 35.6 Å². The van der Waals surface area contributed by atoms with Crippen molar-refractivity contribution in [2.45, 2.75) is 26.4 Å². The summed E-state index contributed by atoms with van der Waals surface area (Å²) < 4.78 is 72.0. The number of aryl methyl sites for hydroxylation is 1. The fourth-order valence-electron chi connectivity index (χ4n) is 3.17. The highest BCUT2D eigenvalue weighted by atomic mass is 32.2. The second kappa shape index (κ2) is 9.39. The van der Waals surface area contributed by atoms with Gasteiger partial charge in [-0.25, -0.2) is 4.72 Å². The third-order valence-electron chi connectivity index (χ3n) is 5.01. The quantitative estimate of drug-likeness (QED) is 0.660. The van der Waals surface area contributed by atoms with Gasteiger partial charge in [0.1, 0.15) is 6.26 Å². The smallest absolute Gasteiger partial charge is 0.416 e. The maximum Gasteiger partial charge on any atom is 0.416 e. The number of anilines is 2. The summed E-state index contributed by atoms with van der Waals surface area (Å²) >= 11 is 0. The number of hydrogen-bond acceptors (Lipinski definition) is 7. The van der Waals surface area contributed by atoms with Crippen LogP contribution in [0, 0.1) is 6.92 Å². The molecule has 0 bridgehead atoms. The zero-order valence-corrected chi connectivity index (χ0v) is 18.6. The molecule has 180 valence electrons. The SMILES string of the molecule is CC(=O)N1CCCN(S(=O)(=O)NC(=O)c2coc(Nc3cc(C(F)(F)F)ccc3C)n2)CC1. The maximum absolute atomic E-state index is 12.9. The van der Waals surface area contributed by atoms with E-state index in [2.05, 4.69) is 10.3 Å². The maximum atomic E-state index is 12.9. The van der Waals surface area contributed by atoms with E-state index >= 15 is 0 Å². The standard InChI is InChI=1S/C19H22F3N5O5S/c1-12-4-5-14(19(20,21)22)10-15(12)23-18-24-16(11-32-18)17(29)25-33(30,31)27-7-3-6-26(8-9-27)13(2)28/h4-5,10-11H,3,6-9H2,1-2H3,(H,23,24)(H,25,29). The molecule has 0 unspecified atom stereocenters. The van der Waals surface area contributed by atoms with Gasteiger partial charge in [0.05, 0.1) is 5.56 Å². The first kappa shape index (κ1) is 24.5. The van der Waals surface area contributed by atoms with Gasteiger partial charge in [-0.15, -0.1) is 0 Å². The van der Waals surface area contributed by atoms with Crippen LogP contribution in [0.5, 0.6) is 0 Å². The Hall–Kier alpha value is -3.13. The molecule has 0 spiro atoms. The van der Waals surface area contributed by atoms with Gasteiger partial charge in [0.15, 0.2) is 5.69 Å². The van der Waals surface area contributed by atoms with Gasteiger partial charge >= 0.3 is 16.4 Å². The fraction of sp³-hybridized carbons (Fsp3) is 0.421. The Morgan fingerprint density at radius 1 is 1.15 bits per heavy atom. The normalized spacial score (nSPS) is 15.7. The number of nitrogens with one attached hydrogen (secondary N) is 2. The molecule has 14 heteroatoms. The van der Waals surface area contributed by atoms with E-state index in [0.29, 0.717) is 18.5 Å². The van der Waals surface area contributed by atoms with Crippen LogP contribution in [0.25, 0.3) is 0 Å². The van der Waals surface area contributed by atoms with Gasteiger partial charge in [-0.1, -0.05) is 6.07 Å². The Kier molecular flexibility index (Phi) is 6.97. The van der Waals surface area contributed by atoms with Crippen LogP contribution in [0.1, 0.15) is 35.0 Å². The number of carbonyl (C=O) groups is 2. The molecule has 2 N–H and O–H groups in total. The zero-order chi connectivity index (χ0) is 24.4. The largest absolute Gasteiger partial charge is 0.431 e. The summed E-state index contributed by atoms with van der Waals surface area (Å²) in [5.74, 6) is -1.24. The number of nitrogens with zero attached hydrogens (tertiary/aromatic N) is 3. The molecule has 2 amide bonds. The minimum Gasteiger partial charge on any atom is -0.431 e. The molecule has 33 heavy (non-hydrogen) atoms. The number of carbonyl (C=O) groups excluding carboxylic acids is 2. The van der Waals surface area contributed by atoms with Crippen molar-refractivity contribution in [3.05, 3.63) is 41.3 Å². The van der Waals surface area contributed by atoms with Crippen molar-refractivity contribution in [3.8, 4) is 0 Å². The van der Waals surface area contributed by atoms with Gasteiger partial charge in [0, 0.05) is 38.8 Å². The second-order valence-electron chi connectivity index (χ2n) is 7.39. The minimum atomic E-state index is -4.55. The van der Waals surface area contributed by atoms with Gasteiger partial charge in [-0.2, -0.15) is 30.9 Å². The molecular weight excluding hydrogens is 467 g/mol. The number of hydrogen-bond donors (Lipinski definition) is 2. The number of aromatic nitrogens is 1. The molecule has 0 saturated carbocycles. The van der Waals surface area contributed by atoms with Gasteiger partial charge in [-0.3, -0.25) is 9.59 Å². The molecule has 0 atom stereocenters. The summed E-state index contributed by atoms with van der Waals surface area (Å²) in [6, 6.07) is 2.78.